The number of fused-ring (bicyclic) bond motifs is 1. The highest BCUT2D eigenvalue weighted by Gasteiger charge is 2.59. The molecule has 8 heteroatoms. The predicted octanol–water partition coefficient (Wildman–Crippen LogP) is -1.29. The Labute approximate surface area is 84.9 Å². The number of aliphatic imine (C=N–C) groups is 1. The molecule has 2 aliphatic heterocycles. The number of amides is 2. The summed E-state index contributed by atoms with van der Waals surface area (Å²) in [4.78, 5) is 28.8. The highest BCUT2D eigenvalue weighted by atomic mass is 16.4. The number of carbonyl (C=O) groups is 2. The molecule has 2 N–H and O–H groups in total. The second kappa shape index (κ2) is 2.69. The van der Waals surface area contributed by atoms with Crippen LogP contribution in [0.4, 0.5) is 4.79 Å². The fourth-order valence-corrected chi connectivity index (χ4v) is 1.65. The molecule has 1 fully saturated rings. The highest BCUT2D eigenvalue weighted by Crippen LogP contribution is 2.26. The van der Waals surface area contributed by atoms with Gasteiger partial charge < -0.3 is 5.11 Å². The number of nitrogens with zero attached hydrogens (tertiary/aromatic N) is 4. The lowest BCUT2D eigenvalue weighted by atomic mass is 10.1. The van der Waals surface area contributed by atoms with E-state index in [0.29, 0.717) is 0 Å². The van der Waals surface area contributed by atoms with Crippen LogP contribution in [0.1, 0.15) is 0 Å². The Balaban J connectivity index is 2.60. The van der Waals surface area contributed by atoms with Crippen LogP contribution in [0.2, 0.25) is 0 Å². The predicted molar refractivity (Wildman–Crippen MR) is 50.4 cm³/mol. The van der Waals surface area contributed by atoms with E-state index in [1.807, 2.05) is 0 Å². The van der Waals surface area contributed by atoms with Crippen molar-refractivity contribution in [1.29, 1.82) is 0 Å². The number of likely N-dealkylation sites (N-methyl/N-ethyl adjacent to an activating group) is 2. The standard InChI is InChI=1S/C7H9N5O3/c1-11-4-7(5(13)14,10-9-3-8-4)12(2)6(11)15/h3,10H,1-2H3,(H,13,14). The van der Waals surface area contributed by atoms with Gasteiger partial charge >= 0.3 is 12.0 Å². The lowest BCUT2D eigenvalue weighted by Gasteiger charge is -2.30. The third kappa shape index (κ3) is 0.901. The van der Waals surface area contributed by atoms with E-state index in [1.54, 1.807) is 0 Å². The summed E-state index contributed by atoms with van der Waals surface area (Å²) in [5.41, 5.74) is 0.727. The number of aliphatic carboxylic acids is 1. The second-order valence-electron chi connectivity index (χ2n) is 3.23. The zero-order valence-electron chi connectivity index (χ0n) is 8.13. The van der Waals surface area contributed by atoms with Crippen molar-refractivity contribution < 1.29 is 14.7 Å². The van der Waals surface area contributed by atoms with Crippen LogP contribution in [0, 0.1) is 0 Å². The first-order chi connectivity index (χ1) is 7.01. The number of carboxylic acid groups (broad SMARTS) is 1. The van der Waals surface area contributed by atoms with Gasteiger partial charge in [-0.3, -0.25) is 15.2 Å². The Morgan fingerprint density at radius 3 is 2.80 bits per heavy atom. The fourth-order valence-electron chi connectivity index (χ4n) is 1.65. The van der Waals surface area contributed by atoms with E-state index in [9.17, 15) is 9.59 Å². The van der Waals surface area contributed by atoms with Gasteiger partial charge in [0.2, 0.25) is 0 Å². The quantitative estimate of drug-likeness (QED) is 0.563. The summed E-state index contributed by atoms with van der Waals surface area (Å²) >= 11 is 0. The number of rotatable bonds is 1. The molecular formula is C7H9N5O3. The van der Waals surface area contributed by atoms with Crippen LogP contribution in [0.5, 0.6) is 0 Å². The minimum atomic E-state index is -1.68. The van der Waals surface area contributed by atoms with Crippen LogP contribution in [-0.2, 0) is 4.79 Å². The van der Waals surface area contributed by atoms with Crippen molar-refractivity contribution in [3.63, 3.8) is 0 Å². The van der Waals surface area contributed by atoms with Gasteiger partial charge in [0.05, 0.1) is 0 Å². The molecule has 1 saturated heterocycles. The number of carboxylic acids is 1. The molecule has 2 heterocycles. The number of hydrazone groups is 1. The molecule has 0 aromatic carbocycles. The molecule has 0 bridgehead atoms. The highest BCUT2D eigenvalue weighted by molar-refractivity contribution is 6.21. The van der Waals surface area contributed by atoms with Gasteiger partial charge in [0.1, 0.15) is 6.34 Å². The summed E-state index contributed by atoms with van der Waals surface area (Å²) in [6, 6.07) is -0.450. The molecule has 80 valence electrons. The van der Waals surface area contributed by atoms with Gasteiger partial charge in [-0.2, -0.15) is 5.10 Å². The smallest absolute Gasteiger partial charge is 0.360 e. The Bertz CT molecular complexity index is 403. The molecule has 2 aliphatic rings. The van der Waals surface area contributed by atoms with Gasteiger partial charge in [0, 0.05) is 14.1 Å². The maximum absolute atomic E-state index is 11.6. The third-order valence-electron chi connectivity index (χ3n) is 2.49. The largest absolute Gasteiger partial charge is 0.478 e. The van der Waals surface area contributed by atoms with Crippen LogP contribution < -0.4 is 5.43 Å². The molecule has 8 nitrogen and oxygen atoms in total. The molecule has 1 unspecified atom stereocenters. The van der Waals surface area contributed by atoms with E-state index < -0.39 is 17.7 Å². The lowest BCUT2D eigenvalue weighted by Crippen LogP contribution is -2.64. The topological polar surface area (TPSA) is 97.6 Å². The Kier molecular flexibility index (Phi) is 1.69. The maximum atomic E-state index is 11.6. The van der Waals surface area contributed by atoms with Crippen molar-refractivity contribution in [1.82, 2.24) is 15.2 Å². The van der Waals surface area contributed by atoms with Gasteiger partial charge in [-0.15, -0.1) is 0 Å². The number of hydrogen-bond donors (Lipinski definition) is 2. The molecule has 0 aromatic rings. The molecule has 2 rings (SSSR count). The summed E-state index contributed by atoms with van der Waals surface area (Å²) in [6.07, 6.45) is 1.17. The fraction of sp³-hybridized carbons (Fsp3) is 0.429. The van der Waals surface area contributed by atoms with Gasteiger partial charge in [-0.05, 0) is 0 Å². The number of nitrogens with one attached hydrogen (secondary N) is 1. The van der Waals surface area contributed by atoms with Crippen molar-refractivity contribution in [3.8, 4) is 0 Å². The van der Waals surface area contributed by atoms with Crippen LogP contribution in [-0.4, -0.2) is 58.8 Å². The van der Waals surface area contributed by atoms with Gasteiger partial charge in [-0.1, -0.05) is 0 Å². The molecule has 15 heavy (non-hydrogen) atoms. The van der Waals surface area contributed by atoms with Gasteiger partial charge in [-0.25, -0.2) is 14.6 Å². The maximum Gasteiger partial charge on any atom is 0.360 e. The van der Waals surface area contributed by atoms with Gasteiger partial charge in [0.15, 0.2) is 5.84 Å². The average molecular weight is 211 g/mol. The molecule has 1 atom stereocenters. The summed E-state index contributed by atoms with van der Waals surface area (Å²) in [5, 5.41) is 12.7. The van der Waals surface area contributed by atoms with Crippen molar-refractivity contribution in [2.24, 2.45) is 10.1 Å². The summed E-state index contributed by atoms with van der Waals surface area (Å²) < 4.78 is 0. The van der Waals surface area contributed by atoms with Crippen LogP contribution in [0.3, 0.4) is 0 Å². The minimum absolute atomic E-state index is 0.109. The van der Waals surface area contributed by atoms with Crippen LogP contribution >= 0.6 is 0 Å². The molecule has 0 saturated carbocycles. The monoisotopic (exact) mass is 211 g/mol. The van der Waals surface area contributed by atoms with Crippen molar-refractivity contribution in [3.05, 3.63) is 0 Å². The van der Waals surface area contributed by atoms with E-state index >= 15 is 0 Å². The van der Waals surface area contributed by atoms with E-state index in [-0.39, 0.29) is 5.84 Å². The number of urea groups is 1. The second-order valence-corrected chi connectivity index (χ2v) is 3.23. The van der Waals surface area contributed by atoms with Gasteiger partial charge in [0.25, 0.3) is 5.66 Å². The van der Waals surface area contributed by atoms with E-state index in [4.69, 9.17) is 5.11 Å². The third-order valence-corrected chi connectivity index (χ3v) is 2.49. The van der Waals surface area contributed by atoms with E-state index in [1.165, 1.54) is 25.3 Å². The Morgan fingerprint density at radius 2 is 2.27 bits per heavy atom. The summed E-state index contributed by atoms with van der Waals surface area (Å²) in [6.45, 7) is 0. The van der Waals surface area contributed by atoms with Crippen molar-refractivity contribution >= 4 is 24.2 Å². The molecule has 0 radical (unpaired) electrons. The van der Waals surface area contributed by atoms with E-state index in [2.05, 4.69) is 15.5 Å². The first kappa shape index (κ1) is 9.44. The molecule has 0 spiro atoms. The Hall–Kier alpha value is -2.12. The normalized spacial score (nSPS) is 28.7. The Morgan fingerprint density at radius 1 is 1.60 bits per heavy atom. The van der Waals surface area contributed by atoms with Crippen molar-refractivity contribution in [2.75, 3.05) is 14.1 Å². The van der Waals surface area contributed by atoms with Crippen LogP contribution in [0.25, 0.3) is 0 Å². The summed E-state index contributed by atoms with van der Waals surface area (Å²) in [5.74, 6) is -1.11. The number of carbonyl (C=O) groups excluding carboxylic acids is 1. The lowest BCUT2D eigenvalue weighted by molar-refractivity contribution is -0.146. The minimum Gasteiger partial charge on any atom is -0.478 e. The summed E-state index contributed by atoms with van der Waals surface area (Å²) in [7, 11) is 2.84. The average Bonchev–Trinajstić information content (AvgIpc) is 2.43. The molecule has 0 aromatic heterocycles. The number of hydrogen-bond acceptors (Lipinski definition) is 5. The number of amidine groups is 1. The molecular weight excluding hydrogens is 202 g/mol. The molecule has 2 amide bonds. The molecule has 0 aliphatic carbocycles. The van der Waals surface area contributed by atoms with Crippen LogP contribution in [0.15, 0.2) is 10.1 Å². The first-order valence-electron chi connectivity index (χ1n) is 4.13. The SMILES string of the molecule is CN1C(=O)N(C)C2(C(=O)O)NN=CN=C12. The zero-order chi connectivity index (χ0) is 11.2. The van der Waals surface area contributed by atoms with E-state index in [0.717, 1.165) is 4.90 Å². The van der Waals surface area contributed by atoms with Crippen molar-refractivity contribution in [2.45, 2.75) is 5.66 Å². The first-order valence-corrected chi connectivity index (χ1v) is 4.13. The zero-order valence-corrected chi connectivity index (χ0v) is 8.13.